The Hall–Kier alpha value is -0.680. The van der Waals surface area contributed by atoms with Crippen molar-refractivity contribution in [1.29, 1.82) is 0 Å². The number of rotatable bonds is 2. The first-order valence-electron chi connectivity index (χ1n) is 5.71. The first-order chi connectivity index (χ1) is 7.43. The van der Waals surface area contributed by atoms with Crippen molar-refractivity contribution in [2.45, 2.75) is 26.3 Å². The summed E-state index contributed by atoms with van der Waals surface area (Å²) in [4.78, 5) is 16.6. The molecular weight excluding hydrogens is 222 g/mol. The van der Waals surface area contributed by atoms with Crippen LogP contribution >= 0.6 is 12.2 Å². The summed E-state index contributed by atoms with van der Waals surface area (Å²) in [6, 6.07) is 0.233. The summed E-state index contributed by atoms with van der Waals surface area (Å²) in [6.07, 6.45) is 1.01. The lowest BCUT2D eigenvalue weighted by molar-refractivity contribution is -0.134. The molecule has 0 aromatic heterocycles. The monoisotopic (exact) mass is 243 g/mol. The third-order valence-electron chi connectivity index (χ3n) is 3.13. The van der Waals surface area contributed by atoms with Gasteiger partial charge in [0.25, 0.3) is 0 Å². The minimum Gasteiger partial charge on any atom is -0.393 e. The zero-order chi connectivity index (χ0) is 12.3. The lowest BCUT2D eigenvalue weighted by atomic mass is 10.1. The molecule has 0 aromatic carbocycles. The minimum atomic E-state index is -0.346. The molecule has 1 aliphatic rings. The minimum absolute atomic E-state index is 0.0651. The second-order valence-electron chi connectivity index (χ2n) is 4.62. The molecule has 0 radical (unpaired) electrons. The number of amides is 1. The van der Waals surface area contributed by atoms with Gasteiger partial charge < -0.3 is 15.5 Å². The average Bonchev–Trinajstić information content (AvgIpc) is 2.37. The number of thiocarbonyl (C=S) groups is 1. The van der Waals surface area contributed by atoms with E-state index < -0.39 is 0 Å². The average molecular weight is 243 g/mol. The summed E-state index contributed by atoms with van der Waals surface area (Å²) >= 11 is 4.88. The van der Waals surface area contributed by atoms with Gasteiger partial charge in [0.15, 0.2) is 0 Å². The summed E-state index contributed by atoms with van der Waals surface area (Å²) in [6.45, 7) is 6.61. The van der Waals surface area contributed by atoms with E-state index in [1.54, 1.807) is 6.92 Å². The second-order valence-corrected chi connectivity index (χ2v) is 5.09. The van der Waals surface area contributed by atoms with Crippen LogP contribution in [0.4, 0.5) is 0 Å². The van der Waals surface area contributed by atoms with Crippen molar-refractivity contribution < 1.29 is 4.79 Å². The molecule has 0 aliphatic carbocycles. The lowest BCUT2D eigenvalue weighted by Crippen LogP contribution is -2.46. The second kappa shape index (κ2) is 5.59. The molecular formula is C11H21N3OS. The van der Waals surface area contributed by atoms with Crippen LogP contribution in [0.25, 0.3) is 0 Å². The Labute approximate surface area is 103 Å². The molecule has 0 saturated carbocycles. The molecule has 2 unspecified atom stereocenters. The maximum Gasteiger partial charge on any atom is 0.232 e. The largest absolute Gasteiger partial charge is 0.393 e. The van der Waals surface area contributed by atoms with Crippen molar-refractivity contribution in [3.05, 3.63) is 0 Å². The summed E-state index contributed by atoms with van der Waals surface area (Å²) in [7, 11) is 2.08. The molecule has 4 nitrogen and oxygen atoms in total. The smallest absolute Gasteiger partial charge is 0.232 e. The van der Waals surface area contributed by atoms with Crippen molar-refractivity contribution in [3.63, 3.8) is 0 Å². The third kappa shape index (κ3) is 3.15. The van der Waals surface area contributed by atoms with E-state index in [0.29, 0.717) is 0 Å². The van der Waals surface area contributed by atoms with Gasteiger partial charge >= 0.3 is 0 Å². The highest BCUT2D eigenvalue weighted by Gasteiger charge is 2.28. The SMILES string of the molecule is CC(C(=O)N1CCCN(C)CC1C)C(N)=S. The summed E-state index contributed by atoms with van der Waals surface area (Å²) in [5.41, 5.74) is 5.53. The van der Waals surface area contributed by atoms with Crippen molar-refractivity contribution in [2.75, 3.05) is 26.7 Å². The van der Waals surface area contributed by atoms with E-state index in [1.807, 2.05) is 4.90 Å². The number of carbonyl (C=O) groups is 1. The molecule has 2 atom stereocenters. The summed E-state index contributed by atoms with van der Waals surface area (Å²) < 4.78 is 0. The van der Waals surface area contributed by atoms with Crippen molar-refractivity contribution >= 4 is 23.1 Å². The Morgan fingerprint density at radius 2 is 2.12 bits per heavy atom. The molecule has 0 bridgehead atoms. The van der Waals surface area contributed by atoms with Gasteiger partial charge in [-0.3, -0.25) is 4.79 Å². The topological polar surface area (TPSA) is 49.6 Å². The van der Waals surface area contributed by atoms with Crippen LogP contribution in [0, 0.1) is 5.92 Å². The molecule has 1 heterocycles. The molecule has 92 valence electrons. The standard InChI is InChI=1S/C11H21N3OS/c1-8-7-13(3)5-4-6-14(8)11(15)9(2)10(12)16/h8-9H,4-7H2,1-3H3,(H2,12,16). The number of nitrogens with two attached hydrogens (primary N) is 1. The van der Waals surface area contributed by atoms with Crippen LogP contribution < -0.4 is 5.73 Å². The van der Waals surface area contributed by atoms with Gasteiger partial charge in [-0.05, 0) is 33.9 Å². The van der Waals surface area contributed by atoms with Gasteiger partial charge in [-0.1, -0.05) is 12.2 Å². The van der Waals surface area contributed by atoms with Crippen LogP contribution in [-0.2, 0) is 4.79 Å². The summed E-state index contributed by atoms with van der Waals surface area (Å²) in [5.74, 6) is -0.281. The number of nitrogens with zero attached hydrogens (tertiary/aromatic N) is 2. The Balaban J connectivity index is 2.70. The van der Waals surface area contributed by atoms with Gasteiger partial charge in [-0.15, -0.1) is 0 Å². The van der Waals surface area contributed by atoms with E-state index in [4.69, 9.17) is 18.0 Å². The third-order valence-corrected chi connectivity index (χ3v) is 3.48. The number of hydrogen-bond acceptors (Lipinski definition) is 3. The Morgan fingerprint density at radius 1 is 1.50 bits per heavy atom. The molecule has 0 spiro atoms. The quantitative estimate of drug-likeness (QED) is 0.716. The van der Waals surface area contributed by atoms with Crippen molar-refractivity contribution in [3.8, 4) is 0 Å². The van der Waals surface area contributed by atoms with Crippen molar-refractivity contribution in [2.24, 2.45) is 11.7 Å². The van der Waals surface area contributed by atoms with Crippen molar-refractivity contribution in [1.82, 2.24) is 9.80 Å². The fraction of sp³-hybridized carbons (Fsp3) is 0.818. The maximum absolute atomic E-state index is 12.1. The number of likely N-dealkylation sites (N-methyl/N-ethyl adjacent to an activating group) is 1. The van der Waals surface area contributed by atoms with E-state index in [9.17, 15) is 4.79 Å². The molecule has 2 N–H and O–H groups in total. The number of hydrogen-bond donors (Lipinski definition) is 1. The van der Waals surface area contributed by atoms with E-state index in [-0.39, 0.29) is 22.9 Å². The van der Waals surface area contributed by atoms with Gasteiger partial charge in [0.05, 0.1) is 10.9 Å². The van der Waals surface area contributed by atoms with Crippen LogP contribution in [0.15, 0.2) is 0 Å². The van der Waals surface area contributed by atoms with E-state index in [0.717, 1.165) is 26.1 Å². The van der Waals surface area contributed by atoms with Crippen LogP contribution in [-0.4, -0.2) is 53.4 Å². The normalized spacial score (nSPS) is 24.9. The lowest BCUT2D eigenvalue weighted by Gasteiger charge is -2.30. The highest BCUT2D eigenvalue weighted by molar-refractivity contribution is 7.80. The first kappa shape index (κ1) is 13.4. The van der Waals surface area contributed by atoms with E-state index in [1.165, 1.54) is 0 Å². The predicted octanol–water partition coefficient (Wildman–Crippen LogP) is 0.461. The number of carbonyl (C=O) groups excluding carboxylic acids is 1. The van der Waals surface area contributed by atoms with E-state index >= 15 is 0 Å². The zero-order valence-corrected chi connectivity index (χ0v) is 11.1. The molecule has 0 aromatic rings. The van der Waals surface area contributed by atoms with Gasteiger partial charge in [-0.25, -0.2) is 0 Å². The zero-order valence-electron chi connectivity index (χ0n) is 10.3. The summed E-state index contributed by atoms with van der Waals surface area (Å²) in [5, 5.41) is 0. The van der Waals surface area contributed by atoms with Crippen LogP contribution in [0.2, 0.25) is 0 Å². The first-order valence-corrected chi connectivity index (χ1v) is 6.12. The fourth-order valence-corrected chi connectivity index (χ4v) is 2.17. The highest BCUT2D eigenvalue weighted by atomic mass is 32.1. The molecule has 1 fully saturated rings. The fourth-order valence-electron chi connectivity index (χ4n) is 2.07. The Kier molecular flexibility index (Phi) is 4.68. The molecule has 1 saturated heterocycles. The van der Waals surface area contributed by atoms with Gasteiger partial charge in [0, 0.05) is 19.1 Å². The predicted molar refractivity (Wildman–Crippen MR) is 69.2 cm³/mol. The maximum atomic E-state index is 12.1. The molecule has 5 heteroatoms. The van der Waals surface area contributed by atoms with Crippen LogP contribution in [0.1, 0.15) is 20.3 Å². The van der Waals surface area contributed by atoms with Gasteiger partial charge in [-0.2, -0.15) is 0 Å². The Morgan fingerprint density at radius 3 is 2.69 bits per heavy atom. The highest BCUT2D eigenvalue weighted by Crippen LogP contribution is 2.12. The van der Waals surface area contributed by atoms with Gasteiger partial charge in [0.1, 0.15) is 0 Å². The molecule has 1 rings (SSSR count). The van der Waals surface area contributed by atoms with Gasteiger partial charge in [0.2, 0.25) is 5.91 Å². The van der Waals surface area contributed by atoms with Crippen LogP contribution in [0.5, 0.6) is 0 Å². The van der Waals surface area contributed by atoms with E-state index in [2.05, 4.69) is 18.9 Å². The Bertz CT molecular complexity index is 282. The van der Waals surface area contributed by atoms with Crippen LogP contribution in [0.3, 0.4) is 0 Å². The molecule has 16 heavy (non-hydrogen) atoms. The molecule has 1 amide bonds. The molecule has 1 aliphatic heterocycles.